The lowest BCUT2D eigenvalue weighted by Gasteiger charge is -2.07. The molecular formula is C10H11BrN2O4S. The highest BCUT2D eigenvalue weighted by Gasteiger charge is 2.16. The van der Waals surface area contributed by atoms with E-state index in [1.807, 2.05) is 0 Å². The maximum Gasteiger partial charge on any atom is 0.321 e. The Labute approximate surface area is 116 Å². The molecule has 0 amide bonds. The van der Waals surface area contributed by atoms with Crippen molar-refractivity contribution in [3.05, 3.63) is 38.3 Å². The minimum Gasteiger partial charge on any atom is -0.480 e. The summed E-state index contributed by atoms with van der Waals surface area (Å²) in [5.74, 6) is -0.339. The van der Waals surface area contributed by atoms with Gasteiger partial charge >= 0.3 is 5.97 Å². The molecule has 1 aromatic rings. The Morgan fingerprint density at radius 2 is 2.28 bits per heavy atom. The summed E-state index contributed by atoms with van der Waals surface area (Å²) in [5.41, 5.74) is 6.09. The van der Waals surface area contributed by atoms with E-state index in [9.17, 15) is 14.9 Å². The van der Waals surface area contributed by atoms with Crippen molar-refractivity contribution in [2.24, 2.45) is 5.73 Å². The number of carbonyl (C=O) groups is 1. The summed E-state index contributed by atoms with van der Waals surface area (Å²) in [6.45, 7) is 0. The first-order valence-electron chi connectivity index (χ1n) is 4.91. The van der Waals surface area contributed by atoms with E-state index in [1.165, 1.54) is 17.8 Å². The molecule has 1 aromatic carbocycles. The number of aliphatic carboxylic acids is 1. The number of carboxylic acid groups (broad SMARTS) is 1. The van der Waals surface area contributed by atoms with Crippen LogP contribution in [0.15, 0.2) is 22.7 Å². The Balaban J connectivity index is 2.66. The zero-order valence-electron chi connectivity index (χ0n) is 9.21. The van der Waals surface area contributed by atoms with Crippen LogP contribution in [0.5, 0.6) is 0 Å². The molecule has 0 aliphatic rings. The lowest BCUT2D eigenvalue weighted by Crippen LogP contribution is -2.32. The molecule has 0 aromatic heterocycles. The molecule has 0 fully saturated rings. The van der Waals surface area contributed by atoms with Gasteiger partial charge in [-0.1, -0.05) is 12.1 Å². The van der Waals surface area contributed by atoms with E-state index in [0.717, 1.165) is 5.56 Å². The molecule has 98 valence electrons. The number of hydrogen-bond acceptors (Lipinski definition) is 5. The van der Waals surface area contributed by atoms with Crippen molar-refractivity contribution in [2.75, 3.05) is 5.75 Å². The fourth-order valence-corrected chi connectivity index (χ4v) is 2.90. The first-order chi connectivity index (χ1) is 8.43. The van der Waals surface area contributed by atoms with Crippen molar-refractivity contribution < 1.29 is 14.8 Å². The number of nitro groups is 1. The van der Waals surface area contributed by atoms with Crippen molar-refractivity contribution in [3.63, 3.8) is 0 Å². The second kappa shape index (κ2) is 6.72. The average Bonchev–Trinajstić information content (AvgIpc) is 2.30. The van der Waals surface area contributed by atoms with E-state index in [4.69, 9.17) is 10.8 Å². The zero-order valence-corrected chi connectivity index (χ0v) is 11.6. The average molecular weight is 335 g/mol. The molecule has 8 heteroatoms. The Kier molecular flexibility index (Phi) is 5.57. The Bertz CT molecular complexity index is 469. The normalized spacial score (nSPS) is 12.1. The van der Waals surface area contributed by atoms with Gasteiger partial charge in [0.1, 0.15) is 6.04 Å². The number of halogens is 1. The molecule has 0 saturated carbocycles. The molecule has 0 heterocycles. The fourth-order valence-electron chi connectivity index (χ4n) is 1.19. The van der Waals surface area contributed by atoms with Crippen molar-refractivity contribution in [1.29, 1.82) is 0 Å². The van der Waals surface area contributed by atoms with Crippen LogP contribution in [-0.4, -0.2) is 27.8 Å². The largest absolute Gasteiger partial charge is 0.480 e. The van der Waals surface area contributed by atoms with Crippen molar-refractivity contribution >= 4 is 39.3 Å². The Morgan fingerprint density at radius 3 is 2.83 bits per heavy atom. The van der Waals surface area contributed by atoms with Crippen molar-refractivity contribution in [3.8, 4) is 0 Å². The summed E-state index contributed by atoms with van der Waals surface area (Å²) >= 11 is 4.49. The van der Waals surface area contributed by atoms with Crippen molar-refractivity contribution in [2.45, 2.75) is 11.8 Å². The molecule has 18 heavy (non-hydrogen) atoms. The summed E-state index contributed by atoms with van der Waals surface area (Å²) in [6.07, 6.45) is 0. The molecule has 0 spiro atoms. The van der Waals surface area contributed by atoms with E-state index in [-0.39, 0.29) is 11.4 Å². The molecule has 0 bridgehead atoms. The number of carboxylic acids is 1. The third-order valence-electron chi connectivity index (χ3n) is 2.13. The van der Waals surface area contributed by atoms with Gasteiger partial charge in [0.15, 0.2) is 0 Å². The van der Waals surface area contributed by atoms with Crippen LogP contribution in [-0.2, 0) is 10.5 Å². The second-order valence-corrected chi connectivity index (χ2v) is 5.29. The number of nitro benzene ring substituents is 1. The predicted molar refractivity (Wildman–Crippen MR) is 72.6 cm³/mol. The molecule has 1 unspecified atom stereocenters. The van der Waals surface area contributed by atoms with Crippen LogP contribution in [0.2, 0.25) is 0 Å². The highest BCUT2D eigenvalue weighted by molar-refractivity contribution is 9.10. The maximum atomic E-state index is 10.7. The third-order valence-corrected chi connectivity index (χ3v) is 4.15. The van der Waals surface area contributed by atoms with Crippen LogP contribution in [0.3, 0.4) is 0 Å². The SMILES string of the molecule is NC(CSCc1cccc([N+](=O)[O-])c1Br)C(=O)O. The van der Waals surface area contributed by atoms with Crippen molar-refractivity contribution in [1.82, 2.24) is 0 Å². The lowest BCUT2D eigenvalue weighted by molar-refractivity contribution is -0.385. The smallest absolute Gasteiger partial charge is 0.321 e. The minimum atomic E-state index is -1.05. The number of thioether (sulfide) groups is 1. The highest BCUT2D eigenvalue weighted by Crippen LogP contribution is 2.30. The van der Waals surface area contributed by atoms with Gasteiger partial charge in [0, 0.05) is 17.6 Å². The Morgan fingerprint density at radius 1 is 1.61 bits per heavy atom. The van der Waals surface area contributed by atoms with Gasteiger partial charge in [0.05, 0.1) is 9.40 Å². The van der Waals surface area contributed by atoms with Crippen LogP contribution in [0.25, 0.3) is 0 Å². The van der Waals surface area contributed by atoms with Crippen LogP contribution in [0, 0.1) is 10.1 Å². The number of benzene rings is 1. The monoisotopic (exact) mass is 334 g/mol. The number of hydrogen-bond donors (Lipinski definition) is 2. The molecule has 0 aliphatic carbocycles. The van der Waals surface area contributed by atoms with Crippen LogP contribution in [0.1, 0.15) is 5.56 Å². The van der Waals surface area contributed by atoms with Gasteiger partial charge in [0.2, 0.25) is 0 Å². The molecule has 0 saturated heterocycles. The highest BCUT2D eigenvalue weighted by atomic mass is 79.9. The van der Waals surface area contributed by atoms with E-state index < -0.39 is 16.9 Å². The summed E-state index contributed by atoms with van der Waals surface area (Å²) in [6, 6.07) is 3.82. The first-order valence-corrected chi connectivity index (χ1v) is 6.86. The Hall–Kier alpha value is -1.12. The maximum absolute atomic E-state index is 10.7. The molecule has 1 rings (SSSR count). The number of rotatable bonds is 6. The van der Waals surface area contributed by atoms with Gasteiger partial charge in [-0.2, -0.15) is 11.8 Å². The summed E-state index contributed by atoms with van der Waals surface area (Å²) in [7, 11) is 0. The van der Waals surface area contributed by atoms with E-state index in [0.29, 0.717) is 10.2 Å². The molecule has 0 aliphatic heterocycles. The standard InChI is InChI=1S/C10H11BrN2O4S/c11-9-6(2-1-3-8(9)13(16)17)4-18-5-7(12)10(14)15/h1-3,7H,4-5,12H2,(H,14,15). The molecule has 1 atom stereocenters. The van der Waals surface area contributed by atoms with E-state index in [1.54, 1.807) is 12.1 Å². The number of nitrogens with zero attached hydrogens (tertiary/aromatic N) is 1. The zero-order chi connectivity index (χ0) is 13.7. The van der Waals surface area contributed by atoms with Gasteiger partial charge in [-0.05, 0) is 21.5 Å². The summed E-state index contributed by atoms with van der Waals surface area (Å²) < 4.78 is 0.423. The van der Waals surface area contributed by atoms with E-state index >= 15 is 0 Å². The minimum absolute atomic E-state index is 0.00404. The van der Waals surface area contributed by atoms with Gasteiger partial charge < -0.3 is 10.8 Å². The van der Waals surface area contributed by atoms with Gasteiger partial charge in [-0.3, -0.25) is 14.9 Å². The van der Waals surface area contributed by atoms with Crippen LogP contribution in [0.4, 0.5) is 5.69 Å². The summed E-state index contributed by atoms with van der Waals surface area (Å²) in [4.78, 5) is 20.8. The van der Waals surface area contributed by atoms with Crippen LogP contribution >= 0.6 is 27.7 Å². The third kappa shape index (κ3) is 3.97. The number of nitrogens with two attached hydrogens (primary N) is 1. The van der Waals surface area contributed by atoms with Crippen LogP contribution < -0.4 is 5.73 Å². The quantitative estimate of drug-likeness (QED) is 0.608. The molecule has 6 nitrogen and oxygen atoms in total. The van der Waals surface area contributed by atoms with Gasteiger partial charge in [-0.25, -0.2) is 0 Å². The second-order valence-electron chi connectivity index (χ2n) is 3.47. The fraction of sp³-hybridized carbons (Fsp3) is 0.300. The predicted octanol–water partition coefficient (Wildman–Crippen LogP) is 2.00. The molecular weight excluding hydrogens is 324 g/mol. The van der Waals surface area contributed by atoms with Gasteiger partial charge in [-0.15, -0.1) is 0 Å². The van der Waals surface area contributed by atoms with Gasteiger partial charge in [0.25, 0.3) is 5.69 Å². The van der Waals surface area contributed by atoms with E-state index in [2.05, 4.69) is 15.9 Å². The molecule has 0 radical (unpaired) electrons. The first kappa shape index (κ1) is 14.9. The topological polar surface area (TPSA) is 106 Å². The summed E-state index contributed by atoms with van der Waals surface area (Å²) in [5, 5.41) is 19.3. The lowest BCUT2D eigenvalue weighted by atomic mass is 10.2. The molecule has 3 N–H and O–H groups in total.